The standard InChI is InChI=1S/C9H9ClO2S.C3H6/c1-6-2-3-8(7(10)4-6)12-5-9(11)13;1-3-2/h2-4H,5H2,1H3,(H,11,13);3H,1H2,2H3. The molecule has 0 unspecified atom stereocenters. The molecule has 4 heteroatoms. The molecule has 88 valence electrons. The molecule has 0 aliphatic carbocycles. The van der Waals surface area contributed by atoms with Crippen molar-refractivity contribution in [1.82, 2.24) is 0 Å². The first-order valence-electron chi connectivity index (χ1n) is 4.69. The van der Waals surface area contributed by atoms with Gasteiger partial charge in [-0.1, -0.05) is 23.7 Å². The summed E-state index contributed by atoms with van der Waals surface area (Å²) in [4.78, 5) is 10.5. The Balaban J connectivity index is 0.000000673. The van der Waals surface area contributed by atoms with E-state index in [1.807, 2.05) is 19.9 Å². The summed E-state index contributed by atoms with van der Waals surface area (Å²) in [6.07, 6.45) is 1.75. The van der Waals surface area contributed by atoms with Gasteiger partial charge in [-0.15, -0.1) is 19.2 Å². The molecule has 0 N–H and O–H groups in total. The summed E-state index contributed by atoms with van der Waals surface area (Å²) in [6, 6.07) is 5.37. The highest BCUT2D eigenvalue weighted by Gasteiger charge is 2.02. The third kappa shape index (κ3) is 6.53. The molecule has 0 aliphatic heterocycles. The van der Waals surface area contributed by atoms with Gasteiger partial charge in [0.2, 0.25) is 5.12 Å². The van der Waals surface area contributed by atoms with Gasteiger partial charge >= 0.3 is 0 Å². The molecule has 0 bridgehead atoms. The first-order valence-corrected chi connectivity index (χ1v) is 5.51. The zero-order valence-electron chi connectivity index (χ0n) is 9.37. The normalized spacial score (nSPS) is 8.75. The van der Waals surface area contributed by atoms with Crippen molar-refractivity contribution in [2.75, 3.05) is 6.61 Å². The quantitative estimate of drug-likeness (QED) is 0.661. The lowest BCUT2D eigenvalue weighted by Gasteiger charge is -2.05. The maximum absolute atomic E-state index is 10.5. The van der Waals surface area contributed by atoms with Crippen molar-refractivity contribution < 1.29 is 9.53 Å². The highest BCUT2D eigenvalue weighted by molar-refractivity contribution is 7.96. The Morgan fingerprint density at radius 2 is 2.19 bits per heavy atom. The number of aryl methyl sites for hydroxylation is 1. The first-order chi connectivity index (χ1) is 7.51. The molecular weight excluding hydrogens is 244 g/mol. The van der Waals surface area contributed by atoms with Crippen LogP contribution in [0.25, 0.3) is 0 Å². The molecule has 2 nitrogen and oxygen atoms in total. The van der Waals surface area contributed by atoms with Gasteiger partial charge in [0.05, 0.1) is 5.02 Å². The Labute approximate surface area is 107 Å². The molecule has 0 spiro atoms. The predicted molar refractivity (Wildman–Crippen MR) is 71.5 cm³/mol. The zero-order valence-corrected chi connectivity index (χ0v) is 11.0. The number of thiol groups is 1. The van der Waals surface area contributed by atoms with Crippen LogP contribution in [-0.2, 0) is 4.79 Å². The lowest BCUT2D eigenvalue weighted by atomic mass is 10.2. The predicted octanol–water partition coefficient (Wildman–Crippen LogP) is 3.68. The maximum atomic E-state index is 10.5. The molecule has 0 aliphatic rings. The van der Waals surface area contributed by atoms with Crippen molar-refractivity contribution in [3.63, 3.8) is 0 Å². The Kier molecular flexibility index (Phi) is 7.77. The molecule has 0 amide bonds. The molecule has 0 saturated heterocycles. The molecule has 1 rings (SSSR count). The van der Waals surface area contributed by atoms with Crippen molar-refractivity contribution in [2.45, 2.75) is 13.8 Å². The van der Waals surface area contributed by atoms with E-state index in [0.29, 0.717) is 10.8 Å². The third-order valence-electron chi connectivity index (χ3n) is 1.44. The van der Waals surface area contributed by atoms with Crippen LogP contribution in [0.2, 0.25) is 5.02 Å². The van der Waals surface area contributed by atoms with E-state index in [0.717, 1.165) is 5.56 Å². The second kappa shape index (κ2) is 8.25. The van der Waals surface area contributed by atoms with E-state index < -0.39 is 0 Å². The van der Waals surface area contributed by atoms with Gasteiger partial charge < -0.3 is 4.74 Å². The summed E-state index contributed by atoms with van der Waals surface area (Å²) in [5, 5.41) is 0.186. The number of carbonyl (C=O) groups excluding carboxylic acids is 1. The average molecular weight is 259 g/mol. The van der Waals surface area contributed by atoms with Gasteiger partial charge in [0.1, 0.15) is 5.75 Å². The van der Waals surface area contributed by atoms with Crippen molar-refractivity contribution in [3.8, 4) is 5.75 Å². The SMILES string of the molecule is C=CC.Cc1ccc(OCC(=O)S)c(Cl)c1. The lowest BCUT2D eigenvalue weighted by molar-refractivity contribution is -0.112. The minimum atomic E-state index is -0.323. The van der Waals surface area contributed by atoms with Crippen LogP contribution in [0, 0.1) is 6.92 Å². The smallest absolute Gasteiger partial charge is 0.223 e. The van der Waals surface area contributed by atoms with Gasteiger partial charge in [0, 0.05) is 0 Å². The zero-order chi connectivity index (χ0) is 12.6. The highest BCUT2D eigenvalue weighted by atomic mass is 35.5. The number of carbonyl (C=O) groups is 1. The van der Waals surface area contributed by atoms with E-state index in [-0.39, 0.29) is 11.7 Å². The van der Waals surface area contributed by atoms with Gasteiger partial charge in [-0.3, -0.25) is 4.79 Å². The van der Waals surface area contributed by atoms with Gasteiger partial charge in [-0.05, 0) is 31.5 Å². The van der Waals surface area contributed by atoms with Crippen LogP contribution >= 0.6 is 24.2 Å². The highest BCUT2D eigenvalue weighted by Crippen LogP contribution is 2.24. The summed E-state index contributed by atoms with van der Waals surface area (Å²) < 4.78 is 5.10. The summed E-state index contributed by atoms with van der Waals surface area (Å²) >= 11 is 9.43. The van der Waals surface area contributed by atoms with Gasteiger partial charge in [0.25, 0.3) is 0 Å². The Bertz CT molecular complexity index is 364. The Hall–Kier alpha value is -0.930. The summed E-state index contributed by atoms with van der Waals surface area (Å²) in [5.41, 5.74) is 1.05. The van der Waals surface area contributed by atoms with E-state index in [1.165, 1.54) is 0 Å². The van der Waals surface area contributed by atoms with Crippen LogP contribution in [0.5, 0.6) is 5.75 Å². The van der Waals surface area contributed by atoms with Crippen LogP contribution in [0.1, 0.15) is 12.5 Å². The van der Waals surface area contributed by atoms with Crippen LogP contribution in [0.4, 0.5) is 0 Å². The number of halogens is 1. The minimum absolute atomic E-state index is 0.0636. The van der Waals surface area contributed by atoms with E-state index in [4.69, 9.17) is 16.3 Å². The Morgan fingerprint density at radius 3 is 2.62 bits per heavy atom. The van der Waals surface area contributed by atoms with Crippen LogP contribution in [-0.4, -0.2) is 11.7 Å². The van der Waals surface area contributed by atoms with Gasteiger partial charge in [-0.2, -0.15) is 0 Å². The summed E-state index contributed by atoms with van der Waals surface area (Å²) in [5.74, 6) is 0.509. The van der Waals surface area contributed by atoms with Crippen LogP contribution in [0.3, 0.4) is 0 Å². The topological polar surface area (TPSA) is 26.3 Å². The molecule has 1 aromatic carbocycles. The number of hydrogen-bond donors (Lipinski definition) is 1. The number of ether oxygens (including phenoxy) is 1. The van der Waals surface area contributed by atoms with Crippen LogP contribution < -0.4 is 4.74 Å². The molecule has 0 saturated carbocycles. The van der Waals surface area contributed by atoms with Crippen molar-refractivity contribution in [2.24, 2.45) is 0 Å². The largest absolute Gasteiger partial charge is 0.483 e. The van der Waals surface area contributed by atoms with Gasteiger partial charge in [-0.25, -0.2) is 0 Å². The maximum Gasteiger partial charge on any atom is 0.223 e. The number of benzene rings is 1. The lowest BCUT2D eigenvalue weighted by Crippen LogP contribution is -2.04. The minimum Gasteiger partial charge on any atom is -0.483 e. The van der Waals surface area contributed by atoms with Crippen LogP contribution in [0.15, 0.2) is 30.9 Å². The molecular formula is C12H15ClO2S. The summed E-state index contributed by atoms with van der Waals surface area (Å²) in [6.45, 7) is 7.12. The fourth-order valence-electron chi connectivity index (χ4n) is 0.862. The molecule has 0 heterocycles. The average Bonchev–Trinajstić information content (AvgIpc) is 2.17. The monoisotopic (exact) mass is 258 g/mol. The first kappa shape index (κ1) is 15.1. The molecule has 0 radical (unpaired) electrons. The number of allylic oxidation sites excluding steroid dienone is 1. The summed E-state index contributed by atoms with van der Waals surface area (Å²) in [7, 11) is 0. The van der Waals surface area contributed by atoms with Crippen molar-refractivity contribution in [1.29, 1.82) is 0 Å². The second-order valence-corrected chi connectivity index (χ2v) is 3.93. The van der Waals surface area contributed by atoms with E-state index in [1.54, 1.807) is 18.2 Å². The molecule has 1 aromatic rings. The van der Waals surface area contributed by atoms with Gasteiger partial charge in [0.15, 0.2) is 6.61 Å². The van der Waals surface area contributed by atoms with Crippen molar-refractivity contribution >= 4 is 29.3 Å². The number of rotatable bonds is 3. The second-order valence-electron chi connectivity index (χ2n) is 3.02. The Morgan fingerprint density at radius 1 is 1.62 bits per heavy atom. The molecule has 16 heavy (non-hydrogen) atoms. The van der Waals surface area contributed by atoms with E-state index in [2.05, 4.69) is 19.2 Å². The third-order valence-corrected chi connectivity index (χ3v) is 1.86. The fraction of sp³-hybridized carbons (Fsp3) is 0.250. The molecule has 0 atom stereocenters. The fourth-order valence-corrected chi connectivity index (χ4v) is 1.22. The van der Waals surface area contributed by atoms with E-state index >= 15 is 0 Å². The molecule has 0 aromatic heterocycles. The van der Waals surface area contributed by atoms with Crippen molar-refractivity contribution in [3.05, 3.63) is 41.4 Å². The molecule has 0 fully saturated rings. The van der Waals surface area contributed by atoms with E-state index in [9.17, 15) is 4.79 Å². The number of hydrogen-bond acceptors (Lipinski definition) is 2.